The van der Waals surface area contributed by atoms with E-state index in [0.717, 1.165) is 32.1 Å². The van der Waals surface area contributed by atoms with Gasteiger partial charge >= 0.3 is 12.0 Å². The van der Waals surface area contributed by atoms with Crippen molar-refractivity contribution in [2.45, 2.75) is 51.2 Å². The summed E-state index contributed by atoms with van der Waals surface area (Å²) >= 11 is 0. The van der Waals surface area contributed by atoms with Crippen molar-refractivity contribution in [3.05, 3.63) is 30.1 Å². The topological polar surface area (TPSA) is 93.7 Å². The van der Waals surface area contributed by atoms with Crippen LogP contribution >= 0.6 is 0 Å². The second-order valence-electron chi connectivity index (χ2n) is 6.18. The number of halogens is 1. The van der Waals surface area contributed by atoms with Crippen LogP contribution in [0.1, 0.15) is 39.0 Å². The van der Waals surface area contributed by atoms with Gasteiger partial charge in [0.1, 0.15) is 11.6 Å². The van der Waals surface area contributed by atoms with Gasteiger partial charge in [-0.05, 0) is 44.0 Å². The van der Waals surface area contributed by atoms with Crippen LogP contribution in [0.4, 0.5) is 9.18 Å². The highest BCUT2D eigenvalue weighted by Crippen LogP contribution is 2.17. The molecule has 0 spiro atoms. The molecule has 0 aromatic heterocycles. The molecular formula is C18H23FN2O5. The molecule has 0 aliphatic heterocycles. The van der Waals surface area contributed by atoms with E-state index in [9.17, 15) is 18.8 Å². The van der Waals surface area contributed by atoms with Crippen molar-refractivity contribution in [2.24, 2.45) is 0 Å². The van der Waals surface area contributed by atoms with Crippen molar-refractivity contribution >= 4 is 17.9 Å². The summed E-state index contributed by atoms with van der Waals surface area (Å²) in [6, 6.07) is 4.64. The lowest BCUT2D eigenvalue weighted by molar-refractivity contribution is -0.154. The summed E-state index contributed by atoms with van der Waals surface area (Å²) in [6.45, 7) is 0.855. The fourth-order valence-corrected chi connectivity index (χ4v) is 2.65. The van der Waals surface area contributed by atoms with Crippen LogP contribution < -0.4 is 15.4 Å². The third-order valence-corrected chi connectivity index (χ3v) is 4.00. The third kappa shape index (κ3) is 6.70. The summed E-state index contributed by atoms with van der Waals surface area (Å²) in [6.07, 6.45) is 4.09. The minimum Gasteiger partial charge on any atom is -0.479 e. The number of nitrogens with one attached hydrogen (secondary N) is 2. The minimum atomic E-state index is -0.982. The largest absolute Gasteiger partial charge is 0.479 e. The molecule has 2 rings (SSSR count). The number of rotatable bonds is 6. The molecule has 0 radical (unpaired) electrons. The Bertz CT molecular complexity index is 629. The van der Waals surface area contributed by atoms with E-state index in [2.05, 4.69) is 10.6 Å². The average Bonchev–Trinajstić information content (AvgIpc) is 2.62. The number of hydrogen-bond donors (Lipinski definition) is 2. The number of carbonyl (C=O) groups excluding carboxylic acids is 3. The molecule has 26 heavy (non-hydrogen) atoms. The Morgan fingerprint density at radius 3 is 2.46 bits per heavy atom. The van der Waals surface area contributed by atoms with Gasteiger partial charge in [-0.3, -0.25) is 10.1 Å². The summed E-state index contributed by atoms with van der Waals surface area (Å²) < 4.78 is 22.9. The number of carbonyl (C=O) groups is 3. The predicted octanol–water partition coefficient (Wildman–Crippen LogP) is 2.29. The SMILES string of the molecule is C[C@@H](Oc1ccc(F)cc1)C(=O)OCC(=O)NC(=O)NC1CCCCC1. The molecule has 142 valence electrons. The van der Waals surface area contributed by atoms with E-state index in [1.807, 2.05) is 0 Å². The second-order valence-corrected chi connectivity index (χ2v) is 6.18. The van der Waals surface area contributed by atoms with Gasteiger partial charge in [0, 0.05) is 6.04 Å². The van der Waals surface area contributed by atoms with E-state index in [1.54, 1.807) is 0 Å². The first-order valence-corrected chi connectivity index (χ1v) is 8.63. The lowest BCUT2D eigenvalue weighted by Crippen LogP contribution is -2.46. The molecule has 0 bridgehead atoms. The van der Waals surface area contributed by atoms with Crippen molar-refractivity contribution in [2.75, 3.05) is 6.61 Å². The Morgan fingerprint density at radius 1 is 1.15 bits per heavy atom. The first kappa shape index (κ1) is 19.7. The monoisotopic (exact) mass is 366 g/mol. The molecule has 0 saturated heterocycles. The first-order chi connectivity index (χ1) is 12.4. The Hall–Kier alpha value is -2.64. The van der Waals surface area contributed by atoms with Crippen LogP contribution in [0.15, 0.2) is 24.3 Å². The highest BCUT2D eigenvalue weighted by Gasteiger charge is 2.20. The van der Waals surface area contributed by atoms with Gasteiger partial charge in [0.2, 0.25) is 0 Å². The fraction of sp³-hybridized carbons (Fsp3) is 0.500. The van der Waals surface area contributed by atoms with Crippen LogP contribution in [-0.2, 0) is 14.3 Å². The maximum Gasteiger partial charge on any atom is 0.347 e. The molecule has 1 fully saturated rings. The lowest BCUT2D eigenvalue weighted by Gasteiger charge is -2.22. The molecule has 8 heteroatoms. The molecule has 1 aliphatic carbocycles. The van der Waals surface area contributed by atoms with Gasteiger partial charge in [0.25, 0.3) is 5.91 Å². The number of esters is 1. The van der Waals surface area contributed by atoms with Crippen molar-refractivity contribution in [1.29, 1.82) is 0 Å². The van der Waals surface area contributed by atoms with Crippen molar-refractivity contribution < 1.29 is 28.2 Å². The van der Waals surface area contributed by atoms with Crippen LogP contribution in [0.3, 0.4) is 0 Å². The molecule has 0 heterocycles. The number of imide groups is 1. The maximum absolute atomic E-state index is 12.8. The Morgan fingerprint density at radius 2 is 1.81 bits per heavy atom. The molecule has 7 nitrogen and oxygen atoms in total. The Balaban J connectivity index is 1.67. The zero-order chi connectivity index (χ0) is 18.9. The molecular weight excluding hydrogens is 343 g/mol. The number of benzene rings is 1. The summed E-state index contributed by atoms with van der Waals surface area (Å²) in [5, 5.41) is 4.86. The second kappa shape index (κ2) is 9.74. The van der Waals surface area contributed by atoms with E-state index < -0.39 is 36.4 Å². The van der Waals surface area contributed by atoms with E-state index in [4.69, 9.17) is 9.47 Å². The first-order valence-electron chi connectivity index (χ1n) is 8.63. The number of amides is 3. The van der Waals surface area contributed by atoms with Crippen LogP contribution in [0.2, 0.25) is 0 Å². The standard InChI is InChI=1S/C18H23FN2O5/c1-12(26-15-9-7-13(19)8-10-15)17(23)25-11-16(22)21-18(24)20-14-5-3-2-4-6-14/h7-10,12,14H,2-6,11H2,1H3,(H2,20,21,22,24)/t12-/m1/s1. The van der Waals surface area contributed by atoms with Crippen LogP contribution in [-0.4, -0.2) is 36.7 Å². The molecule has 1 saturated carbocycles. The smallest absolute Gasteiger partial charge is 0.347 e. The molecule has 1 atom stereocenters. The number of urea groups is 1. The summed E-state index contributed by atoms with van der Waals surface area (Å²) in [5.41, 5.74) is 0. The Kier molecular flexibility index (Phi) is 7.37. The zero-order valence-corrected chi connectivity index (χ0v) is 14.6. The van der Waals surface area contributed by atoms with Crippen molar-refractivity contribution in [1.82, 2.24) is 10.6 Å². The van der Waals surface area contributed by atoms with Gasteiger partial charge in [-0.15, -0.1) is 0 Å². The van der Waals surface area contributed by atoms with Crippen LogP contribution in [0, 0.1) is 5.82 Å². The number of hydrogen-bond acceptors (Lipinski definition) is 5. The maximum atomic E-state index is 12.8. The summed E-state index contributed by atoms with van der Waals surface area (Å²) in [5.74, 6) is -1.61. The van der Waals surface area contributed by atoms with Crippen LogP contribution in [0.5, 0.6) is 5.75 Å². The molecule has 1 aliphatic rings. The fourth-order valence-electron chi connectivity index (χ4n) is 2.65. The van der Waals surface area contributed by atoms with Crippen molar-refractivity contribution in [3.63, 3.8) is 0 Å². The third-order valence-electron chi connectivity index (χ3n) is 4.00. The summed E-state index contributed by atoms with van der Waals surface area (Å²) in [4.78, 5) is 35.2. The van der Waals surface area contributed by atoms with Gasteiger partial charge < -0.3 is 14.8 Å². The molecule has 2 N–H and O–H groups in total. The van der Waals surface area contributed by atoms with Gasteiger partial charge in [-0.1, -0.05) is 19.3 Å². The Labute approximate surface area is 151 Å². The van der Waals surface area contributed by atoms with Gasteiger partial charge in [-0.2, -0.15) is 0 Å². The lowest BCUT2D eigenvalue weighted by atomic mass is 9.96. The molecule has 1 aromatic carbocycles. The highest BCUT2D eigenvalue weighted by atomic mass is 19.1. The van der Waals surface area contributed by atoms with E-state index in [-0.39, 0.29) is 6.04 Å². The predicted molar refractivity (Wildman–Crippen MR) is 91.0 cm³/mol. The average molecular weight is 366 g/mol. The molecule has 3 amide bonds. The van der Waals surface area contributed by atoms with E-state index in [1.165, 1.54) is 31.2 Å². The van der Waals surface area contributed by atoms with E-state index >= 15 is 0 Å². The number of ether oxygens (including phenoxy) is 2. The zero-order valence-electron chi connectivity index (χ0n) is 14.6. The van der Waals surface area contributed by atoms with Crippen molar-refractivity contribution in [3.8, 4) is 5.75 Å². The van der Waals surface area contributed by atoms with E-state index in [0.29, 0.717) is 5.75 Å². The molecule has 0 unspecified atom stereocenters. The highest BCUT2D eigenvalue weighted by molar-refractivity contribution is 5.95. The normalized spacial score (nSPS) is 15.6. The quantitative estimate of drug-likeness (QED) is 0.754. The van der Waals surface area contributed by atoms with Crippen LogP contribution in [0.25, 0.3) is 0 Å². The summed E-state index contributed by atoms with van der Waals surface area (Å²) in [7, 11) is 0. The molecule has 1 aromatic rings. The van der Waals surface area contributed by atoms with Gasteiger partial charge in [-0.25, -0.2) is 14.0 Å². The van der Waals surface area contributed by atoms with Gasteiger partial charge in [0.15, 0.2) is 12.7 Å². The van der Waals surface area contributed by atoms with Gasteiger partial charge in [0.05, 0.1) is 0 Å². The minimum absolute atomic E-state index is 0.0724.